The van der Waals surface area contributed by atoms with E-state index in [4.69, 9.17) is 11.6 Å². The van der Waals surface area contributed by atoms with E-state index in [0.717, 1.165) is 20.6 Å². The zero-order valence-electron chi connectivity index (χ0n) is 13.6. The first-order valence-corrected chi connectivity index (χ1v) is 10.1. The van der Waals surface area contributed by atoms with Crippen molar-refractivity contribution in [1.82, 2.24) is 5.01 Å². The molecule has 0 bridgehead atoms. The molecule has 1 amide bonds. The first-order chi connectivity index (χ1) is 12.6. The van der Waals surface area contributed by atoms with Gasteiger partial charge in [0.15, 0.2) is 0 Å². The van der Waals surface area contributed by atoms with Crippen molar-refractivity contribution in [1.29, 1.82) is 0 Å². The van der Waals surface area contributed by atoms with E-state index < -0.39 is 0 Å². The lowest BCUT2D eigenvalue weighted by Crippen LogP contribution is -2.27. The normalized spacial score (nSPS) is 16.6. The van der Waals surface area contributed by atoms with Gasteiger partial charge in [-0.1, -0.05) is 45.7 Å². The van der Waals surface area contributed by atoms with E-state index in [9.17, 15) is 4.79 Å². The Morgan fingerprint density at radius 1 is 1.12 bits per heavy atom. The number of carbonyl (C=O) groups excluding carboxylic acids is 1. The van der Waals surface area contributed by atoms with Gasteiger partial charge in [0.25, 0.3) is 5.91 Å². The highest BCUT2D eigenvalue weighted by molar-refractivity contribution is 9.10. The summed E-state index contributed by atoms with van der Waals surface area (Å²) >= 11 is 11.1. The van der Waals surface area contributed by atoms with Gasteiger partial charge in [0.2, 0.25) is 0 Å². The van der Waals surface area contributed by atoms with Gasteiger partial charge in [-0.15, -0.1) is 11.3 Å². The molecule has 2 aromatic carbocycles. The summed E-state index contributed by atoms with van der Waals surface area (Å²) in [4.78, 5) is 14.2. The summed E-state index contributed by atoms with van der Waals surface area (Å²) in [6.45, 7) is 0. The largest absolute Gasteiger partial charge is 0.274 e. The van der Waals surface area contributed by atoms with Crippen molar-refractivity contribution in [3.8, 4) is 0 Å². The molecule has 1 aliphatic rings. The van der Waals surface area contributed by atoms with Gasteiger partial charge < -0.3 is 0 Å². The second kappa shape index (κ2) is 7.35. The predicted octanol–water partition coefficient (Wildman–Crippen LogP) is 6.16. The van der Waals surface area contributed by atoms with E-state index in [1.165, 1.54) is 0 Å². The van der Waals surface area contributed by atoms with Crippen molar-refractivity contribution in [2.24, 2.45) is 5.10 Å². The number of carbonyl (C=O) groups is 1. The maximum atomic E-state index is 13.1. The average Bonchev–Trinajstić information content (AvgIpc) is 3.32. The number of benzene rings is 2. The number of halogens is 2. The van der Waals surface area contributed by atoms with Crippen LogP contribution in [0.4, 0.5) is 0 Å². The highest BCUT2D eigenvalue weighted by Crippen LogP contribution is 2.35. The fraction of sp³-hybridized carbons (Fsp3) is 0.100. The molecule has 4 rings (SSSR count). The number of hydrazone groups is 1. The van der Waals surface area contributed by atoms with Gasteiger partial charge in [0.1, 0.15) is 0 Å². The van der Waals surface area contributed by atoms with Crippen LogP contribution in [0, 0.1) is 0 Å². The van der Waals surface area contributed by atoms with Crippen molar-refractivity contribution in [3.63, 3.8) is 0 Å². The van der Waals surface area contributed by atoms with Gasteiger partial charge in [0.05, 0.1) is 16.6 Å². The number of rotatable bonds is 3. The van der Waals surface area contributed by atoms with Crippen molar-refractivity contribution >= 4 is 50.5 Å². The van der Waals surface area contributed by atoms with Gasteiger partial charge in [-0.2, -0.15) is 5.10 Å². The second-order valence-corrected chi connectivity index (χ2v) is 8.25. The summed E-state index contributed by atoms with van der Waals surface area (Å²) in [5.41, 5.74) is 2.58. The molecule has 3 nitrogen and oxygen atoms in total. The average molecular weight is 446 g/mol. The molecule has 0 fully saturated rings. The van der Waals surface area contributed by atoms with Crippen LogP contribution in [0.2, 0.25) is 5.02 Å². The molecule has 0 N–H and O–H groups in total. The Labute approximate surface area is 169 Å². The molecular weight excluding hydrogens is 432 g/mol. The van der Waals surface area contributed by atoms with Crippen LogP contribution in [0.15, 0.2) is 75.6 Å². The van der Waals surface area contributed by atoms with E-state index in [0.29, 0.717) is 17.0 Å². The SMILES string of the molecule is O=C(c1ccc(Cl)cc1)N1N=C(c2cccs2)C[C@@H]1c1ccc(Br)cc1. The summed E-state index contributed by atoms with van der Waals surface area (Å²) in [6, 6.07) is 18.9. The molecule has 3 aromatic rings. The van der Waals surface area contributed by atoms with E-state index in [1.807, 2.05) is 41.8 Å². The van der Waals surface area contributed by atoms with Gasteiger partial charge >= 0.3 is 0 Å². The van der Waals surface area contributed by atoms with Crippen LogP contribution in [0.1, 0.15) is 33.3 Å². The van der Waals surface area contributed by atoms with Crippen LogP contribution in [-0.2, 0) is 0 Å². The molecule has 0 saturated carbocycles. The molecular formula is C20H14BrClN2OS. The summed E-state index contributed by atoms with van der Waals surface area (Å²) in [7, 11) is 0. The maximum Gasteiger partial charge on any atom is 0.274 e. The smallest absolute Gasteiger partial charge is 0.267 e. The first-order valence-electron chi connectivity index (χ1n) is 8.08. The number of hydrogen-bond acceptors (Lipinski definition) is 3. The van der Waals surface area contributed by atoms with Gasteiger partial charge in [0, 0.05) is 21.5 Å². The van der Waals surface area contributed by atoms with Crippen LogP contribution in [0.3, 0.4) is 0 Å². The minimum absolute atomic E-state index is 0.122. The highest BCUT2D eigenvalue weighted by atomic mass is 79.9. The van der Waals surface area contributed by atoms with E-state index in [-0.39, 0.29) is 11.9 Å². The van der Waals surface area contributed by atoms with Crippen LogP contribution in [-0.4, -0.2) is 16.6 Å². The molecule has 0 unspecified atom stereocenters. The molecule has 0 radical (unpaired) electrons. The molecule has 1 aromatic heterocycles. The number of nitrogens with zero attached hydrogens (tertiary/aromatic N) is 2. The minimum atomic E-state index is -0.124. The zero-order valence-corrected chi connectivity index (χ0v) is 16.8. The van der Waals surface area contributed by atoms with Crippen LogP contribution in [0.25, 0.3) is 0 Å². The number of amides is 1. The van der Waals surface area contributed by atoms with Gasteiger partial charge in [-0.3, -0.25) is 4.79 Å². The lowest BCUT2D eigenvalue weighted by Gasteiger charge is -2.22. The molecule has 130 valence electrons. The van der Waals surface area contributed by atoms with Crippen LogP contribution < -0.4 is 0 Å². The fourth-order valence-corrected chi connectivity index (χ4v) is 4.07. The molecule has 2 heterocycles. The number of thiophene rings is 1. The van der Waals surface area contributed by atoms with Crippen LogP contribution in [0.5, 0.6) is 0 Å². The third-order valence-electron chi connectivity index (χ3n) is 4.27. The van der Waals surface area contributed by atoms with E-state index in [2.05, 4.69) is 21.0 Å². The first kappa shape index (κ1) is 17.5. The van der Waals surface area contributed by atoms with E-state index in [1.54, 1.807) is 40.6 Å². The Balaban J connectivity index is 1.71. The molecule has 26 heavy (non-hydrogen) atoms. The Bertz CT molecular complexity index is 952. The molecule has 0 spiro atoms. The standard InChI is InChI=1S/C20H14BrClN2OS/c21-15-7-3-13(4-8-15)18-12-17(19-2-1-11-26-19)23-24(18)20(25)14-5-9-16(22)10-6-14/h1-11,18H,12H2/t18-/m1/s1. The molecule has 0 aliphatic carbocycles. The van der Waals surface area contributed by atoms with Crippen molar-refractivity contribution in [2.45, 2.75) is 12.5 Å². The third kappa shape index (κ3) is 3.47. The Hall–Kier alpha value is -1.95. The molecule has 1 aliphatic heterocycles. The summed E-state index contributed by atoms with van der Waals surface area (Å²) < 4.78 is 1.01. The summed E-state index contributed by atoms with van der Waals surface area (Å²) in [5.74, 6) is -0.124. The monoisotopic (exact) mass is 444 g/mol. The lowest BCUT2D eigenvalue weighted by atomic mass is 10.0. The van der Waals surface area contributed by atoms with Gasteiger partial charge in [-0.05, 0) is 53.4 Å². The molecule has 6 heteroatoms. The predicted molar refractivity (Wildman–Crippen MR) is 110 cm³/mol. The highest BCUT2D eigenvalue weighted by Gasteiger charge is 2.33. The second-order valence-electron chi connectivity index (χ2n) is 5.95. The Morgan fingerprint density at radius 2 is 1.85 bits per heavy atom. The number of hydrogen-bond donors (Lipinski definition) is 0. The van der Waals surface area contributed by atoms with Gasteiger partial charge in [-0.25, -0.2) is 5.01 Å². The minimum Gasteiger partial charge on any atom is -0.267 e. The van der Waals surface area contributed by atoms with Crippen molar-refractivity contribution in [3.05, 3.63) is 91.5 Å². The Kier molecular flexibility index (Phi) is 4.94. The summed E-state index contributed by atoms with van der Waals surface area (Å²) in [6.07, 6.45) is 0.696. The van der Waals surface area contributed by atoms with E-state index >= 15 is 0 Å². The quantitative estimate of drug-likeness (QED) is 0.475. The zero-order chi connectivity index (χ0) is 18.1. The van der Waals surface area contributed by atoms with Crippen LogP contribution >= 0.6 is 38.9 Å². The third-order valence-corrected chi connectivity index (χ3v) is 5.97. The summed E-state index contributed by atoms with van der Waals surface area (Å²) in [5, 5.41) is 8.91. The maximum absolute atomic E-state index is 13.1. The lowest BCUT2D eigenvalue weighted by molar-refractivity contribution is 0.0711. The Morgan fingerprint density at radius 3 is 2.50 bits per heavy atom. The van der Waals surface area contributed by atoms with Crippen molar-refractivity contribution in [2.75, 3.05) is 0 Å². The fourth-order valence-electron chi connectivity index (χ4n) is 2.96. The molecule has 1 atom stereocenters. The topological polar surface area (TPSA) is 32.7 Å². The van der Waals surface area contributed by atoms with Crippen molar-refractivity contribution < 1.29 is 4.79 Å². The molecule has 0 saturated heterocycles.